The Hall–Kier alpha value is -1.76. The molecule has 4 nitrogen and oxygen atoms in total. The zero-order chi connectivity index (χ0) is 34.5. The summed E-state index contributed by atoms with van der Waals surface area (Å²) in [6, 6.07) is 9.31. The predicted molar refractivity (Wildman–Crippen MR) is 210 cm³/mol. The molecular weight excluding hydrogens is 646 g/mol. The Kier molecular flexibility index (Phi) is 8.44. The third-order valence-electron chi connectivity index (χ3n) is 14.4. The van der Waals surface area contributed by atoms with Crippen LogP contribution >= 0.6 is 15.8 Å². The highest BCUT2D eigenvalue weighted by molar-refractivity contribution is 7.71. The summed E-state index contributed by atoms with van der Waals surface area (Å²) in [5, 5.41) is 1.21. The molecule has 266 valence electrons. The third-order valence-corrected chi connectivity index (χ3v) is 20.5. The molecule has 8 fully saturated rings. The summed E-state index contributed by atoms with van der Waals surface area (Å²) in [7, 11) is -1.12. The van der Waals surface area contributed by atoms with E-state index in [2.05, 4.69) is 53.7 Å². The summed E-state index contributed by atoms with van der Waals surface area (Å²) in [4.78, 5) is 19.5. The zero-order valence-electron chi connectivity index (χ0n) is 31.7. The first kappa shape index (κ1) is 34.0. The number of hydrogen-bond acceptors (Lipinski definition) is 4. The van der Waals surface area contributed by atoms with Gasteiger partial charge in [0.1, 0.15) is 0 Å². The quantitative estimate of drug-likeness (QED) is 0.219. The van der Waals surface area contributed by atoms with Crippen molar-refractivity contribution >= 4 is 27.0 Å². The molecule has 8 bridgehead atoms. The van der Waals surface area contributed by atoms with Gasteiger partial charge < -0.3 is 0 Å². The molecule has 0 atom stereocenters. The van der Waals surface area contributed by atoms with Crippen LogP contribution in [0.25, 0.3) is 0 Å². The van der Waals surface area contributed by atoms with E-state index in [4.69, 9.17) is 19.9 Å². The lowest BCUT2D eigenvalue weighted by molar-refractivity contribution is 0.0184. The molecule has 0 amide bonds. The summed E-state index contributed by atoms with van der Waals surface area (Å²) in [5.41, 5.74) is 8.21. The van der Waals surface area contributed by atoms with Crippen molar-refractivity contribution in [2.75, 3.05) is 0 Å². The van der Waals surface area contributed by atoms with Crippen molar-refractivity contribution in [2.45, 2.75) is 152 Å². The minimum atomic E-state index is -0.946. The van der Waals surface area contributed by atoms with Crippen molar-refractivity contribution in [1.29, 1.82) is 0 Å². The molecule has 0 spiro atoms. The van der Waals surface area contributed by atoms with E-state index in [1.807, 2.05) is 36.9 Å². The van der Waals surface area contributed by atoms with Crippen molar-refractivity contribution < 1.29 is 0 Å². The minimum Gasteiger partial charge on any atom is -0.237 e. The maximum absolute atomic E-state index is 4.87. The van der Waals surface area contributed by atoms with E-state index in [9.17, 15) is 0 Å². The summed E-state index contributed by atoms with van der Waals surface area (Å²) in [6.45, 7) is 14.6. The Morgan fingerprint density at radius 1 is 0.520 bits per heavy atom. The van der Waals surface area contributed by atoms with Crippen LogP contribution in [0.15, 0.2) is 49.1 Å². The number of benzene rings is 1. The molecule has 3 aromatic rings. The second-order valence-corrected chi connectivity index (χ2v) is 25.3. The van der Waals surface area contributed by atoms with Crippen LogP contribution in [0, 0.1) is 35.5 Å². The lowest BCUT2D eigenvalue weighted by Crippen LogP contribution is -2.56. The number of aromatic nitrogens is 4. The Balaban J connectivity index is 1.21. The van der Waals surface area contributed by atoms with Crippen molar-refractivity contribution in [2.24, 2.45) is 35.5 Å². The van der Waals surface area contributed by atoms with Gasteiger partial charge in [-0.15, -0.1) is 0 Å². The van der Waals surface area contributed by atoms with E-state index in [1.165, 1.54) is 17.3 Å². The number of nitrogens with zero attached hydrogens (tertiary/aromatic N) is 4. The van der Waals surface area contributed by atoms with E-state index < -0.39 is 7.92 Å². The van der Waals surface area contributed by atoms with Crippen LogP contribution < -0.4 is 11.1 Å². The van der Waals surface area contributed by atoms with Crippen LogP contribution in [-0.2, 0) is 23.2 Å². The van der Waals surface area contributed by atoms with E-state index in [0.717, 1.165) is 52.8 Å². The molecule has 8 aliphatic carbocycles. The van der Waals surface area contributed by atoms with Gasteiger partial charge in [-0.1, -0.05) is 61.6 Å². The van der Waals surface area contributed by atoms with Gasteiger partial charge in [-0.3, -0.25) is 0 Å². The SMILES string of the molecule is CC(C)(C)c1cc(CP(c2ncccn2)c2ncccn2)c(CP(C23CC4CC(CC(C4)C2)C3)C23CC4CC(CC(C4)C2)C3)cc1C(C)(C)C. The fourth-order valence-electron chi connectivity index (χ4n) is 13.3. The number of hydrogen-bond donors (Lipinski definition) is 0. The van der Waals surface area contributed by atoms with Gasteiger partial charge in [-0.2, -0.15) is 0 Å². The second kappa shape index (κ2) is 12.4. The maximum Gasteiger partial charge on any atom is 0.158 e. The monoisotopic (exact) mass is 706 g/mol. The average molecular weight is 707 g/mol. The van der Waals surface area contributed by atoms with Gasteiger partial charge in [0.05, 0.1) is 0 Å². The Bertz CT molecular complexity index is 1550. The molecule has 0 aliphatic heterocycles. The third kappa shape index (κ3) is 6.13. The van der Waals surface area contributed by atoms with E-state index in [-0.39, 0.29) is 18.8 Å². The van der Waals surface area contributed by atoms with Gasteiger partial charge in [0.25, 0.3) is 0 Å². The molecule has 2 heterocycles. The minimum absolute atomic E-state index is 0.0513. The highest BCUT2D eigenvalue weighted by atomic mass is 31.1. The van der Waals surface area contributed by atoms with E-state index in [1.54, 1.807) is 88.2 Å². The molecule has 0 unspecified atom stereocenters. The molecular formula is C44H60N4P2. The van der Waals surface area contributed by atoms with Crippen LogP contribution in [0.5, 0.6) is 0 Å². The van der Waals surface area contributed by atoms with Crippen LogP contribution in [0.3, 0.4) is 0 Å². The van der Waals surface area contributed by atoms with Crippen LogP contribution in [0.1, 0.15) is 141 Å². The van der Waals surface area contributed by atoms with Crippen molar-refractivity contribution in [3.05, 3.63) is 71.3 Å². The van der Waals surface area contributed by atoms with Gasteiger partial charge in [0.15, 0.2) is 11.1 Å². The Labute approximate surface area is 304 Å². The van der Waals surface area contributed by atoms with Crippen LogP contribution in [0.4, 0.5) is 0 Å². The fourth-order valence-corrected chi connectivity index (χ4v) is 20.4. The molecule has 6 heteroatoms. The zero-order valence-corrected chi connectivity index (χ0v) is 33.5. The molecule has 1 aromatic carbocycles. The molecule has 8 aliphatic rings. The van der Waals surface area contributed by atoms with Crippen molar-refractivity contribution in [1.82, 2.24) is 19.9 Å². The molecule has 0 N–H and O–H groups in total. The standard InChI is InChI=1S/C44H60N4P2/c1-41(2,3)37-19-35(27-49(39-45-9-7-10-46-39)40-47-11-8-12-48-40)36(20-38(37)42(4,5)6)28-50(43-21-29-13-30(22-43)15-31(14-29)23-43)44-24-32-16-33(25-44)18-34(17-32)26-44/h7-12,19-20,29-34H,13-18,21-28H2,1-6H3. The first-order valence-corrected chi connectivity index (χ1v) is 23.2. The van der Waals surface area contributed by atoms with Gasteiger partial charge in [0.2, 0.25) is 0 Å². The van der Waals surface area contributed by atoms with Gasteiger partial charge in [0, 0.05) is 38.9 Å². The highest BCUT2D eigenvalue weighted by Gasteiger charge is 2.62. The molecule has 2 aromatic heterocycles. The summed E-state index contributed by atoms with van der Waals surface area (Å²) in [5.74, 6) is 6.04. The maximum atomic E-state index is 4.87. The van der Waals surface area contributed by atoms with Gasteiger partial charge >= 0.3 is 0 Å². The summed E-state index contributed by atoms with van der Waals surface area (Å²) >= 11 is 0. The topological polar surface area (TPSA) is 51.6 Å². The summed E-state index contributed by atoms with van der Waals surface area (Å²) in [6.07, 6.45) is 28.4. The molecule has 50 heavy (non-hydrogen) atoms. The first-order chi connectivity index (χ1) is 23.9. The number of rotatable bonds is 8. The highest BCUT2D eigenvalue weighted by Crippen LogP contribution is 2.79. The Morgan fingerprint density at radius 3 is 1.16 bits per heavy atom. The lowest BCUT2D eigenvalue weighted by atomic mass is 9.55. The molecule has 8 saturated carbocycles. The fraction of sp³-hybridized carbons (Fsp3) is 0.682. The van der Waals surface area contributed by atoms with Crippen LogP contribution in [-0.4, -0.2) is 30.2 Å². The van der Waals surface area contributed by atoms with E-state index >= 15 is 0 Å². The van der Waals surface area contributed by atoms with E-state index in [0.29, 0.717) is 10.3 Å². The normalized spacial score (nSPS) is 34.9. The van der Waals surface area contributed by atoms with Gasteiger partial charge in [-0.25, -0.2) is 19.9 Å². The predicted octanol–water partition coefficient (Wildman–Crippen LogP) is 10.4. The van der Waals surface area contributed by atoms with Gasteiger partial charge in [-0.05, 0) is 174 Å². The average Bonchev–Trinajstić information content (AvgIpc) is 3.04. The molecule has 11 rings (SSSR count). The lowest BCUT2D eigenvalue weighted by Gasteiger charge is -2.67. The van der Waals surface area contributed by atoms with Crippen LogP contribution in [0.2, 0.25) is 0 Å². The Morgan fingerprint density at radius 2 is 0.840 bits per heavy atom. The molecule has 0 radical (unpaired) electrons. The smallest absolute Gasteiger partial charge is 0.158 e. The second-order valence-electron chi connectivity index (χ2n) is 20.2. The first-order valence-electron chi connectivity index (χ1n) is 20.1. The largest absolute Gasteiger partial charge is 0.237 e. The molecule has 0 saturated heterocycles. The van der Waals surface area contributed by atoms with Crippen molar-refractivity contribution in [3.8, 4) is 0 Å². The summed E-state index contributed by atoms with van der Waals surface area (Å²) < 4.78 is 0. The van der Waals surface area contributed by atoms with Crippen molar-refractivity contribution in [3.63, 3.8) is 0 Å².